The maximum absolute atomic E-state index is 6.23. The Morgan fingerprint density at radius 1 is 1.27 bits per heavy atom. The Morgan fingerprint density at radius 3 is 2.47 bits per heavy atom. The van der Waals surface area contributed by atoms with Gasteiger partial charge in [-0.15, -0.1) is 0 Å². The number of hydrogen-bond acceptors (Lipinski definition) is 2. The van der Waals surface area contributed by atoms with Gasteiger partial charge in [0.25, 0.3) is 0 Å². The van der Waals surface area contributed by atoms with Crippen LogP contribution in [0, 0.1) is 18.8 Å². The molecule has 0 bridgehead atoms. The third-order valence-corrected chi connectivity index (χ3v) is 3.66. The maximum Gasteiger partial charge on any atom is 0.121 e. The van der Waals surface area contributed by atoms with E-state index < -0.39 is 0 Å². The van der Waals surface area contributed by atoms with Gasteiger partial charge in [0.05, 0.1) is 6.04 Å². The molecule has 0 spiro atoms. The summed E-state index contributed by atoms with van der Waals surface area (Å²) in [5.41, 5.74) is 6.23. The van der Waals surface area contributed by atoms with Crippen molar-refractivity contribution in [2.45, 2.75) is 45.6 Å². The molecule has 1 aromatic heterocycles. The fraction of sp³-hybridized carbons (Fsp3) is 0.692. The molecule has 0 radical (unpaired) electrons. The van der Waals surface area contributed by atoms with Gasteiger partial charge in [-0.1, -0.05) is 19.8 Å². The topological polar surface area (TPSA) is 39.2 Å². The average Bonchev–Trinajstić information content (AvgIpc) is 2.65. The van der Waals surface area contributed by atoms with Gasteiger partial charge in [0, 0.05) is 0 Å². The van der Waals surface area contributed by atoms with Crippen molar-refractivity contribution < 1.29 is 4.42 Å². The summed E-state index contributed by atoms with van der Waals surface area (Å²) in [4.78, 5) is 0. The van der Waals surface area contributed by atoms with E-state index in [1.54, 1.807) is 0 Å². The molecule has 1 heterocycles. The lowest BCUT2D eigenvalue weighted by molar-refractivity contribution is 0.238. The summed E-state index contributed by atoms with van der Waals surface area (Å²) in [6.45, 7) is 4.30. The van der Waals surface area contributed by atoms with E-state index >= 15 is 0 Å². The van der Waals surface area contributed by atoms with Crippen molar-refractivity contribution in [3.05, 3.63) is 23.7 Å². The Morgan fingerprint density at radius 2 is 1.93 bits per heavy atom. The van der Waals surface area contributed by atoms with E-state index in [4.69, 9.17) is 10.2 Å². The molecule has 2 heteroatoms. The molecule has 1 aliphatic carbocycles. The average molecular weight is 207 g/mol. The second kappa shape index (κ2) is 4.40. The highest BCUT2D eigenvalue weighted by Gasteiger charge is 2.26. The van der Waals surface area contributed by atoms with Gasteiger partial charge in [0.1, 0.15) is 11.5 Å². The maximum atomic E-state index is 6.23. The highest BCUT2D eigenvalue weighted by atomic mass is 16.3. The lowest BCUT2D eigenvalue weighted by Gasteiger charge is -2.29. The normalized spacial score (nSPS) is 29.0. The van der Waals surface area contributed by atoms with Crippen molar-refractivity contribution in [1.82, 2.24) is 0 Å². The van der Waals surface area contributed by atoms with Gasteiger partial charge in [-0.05, 0) is 43.7 Å². The summed E-state index contributed by atoms with van der Waals surface area (Å²) in [6.07, 6.45) is 5.14. The molecular weight excluding hydrogens is 186 g/mol. The largest absolute Gasteiger partial charge is 0.465 e. The minimum absolute atomic E-state index is 0.103. The van der Waals surface area contributed by atoms with Crippen LogP contribution in [0.2, 0.25) is 0 Å². The minimum Gasteiger partial charge on any atom is -0.465 e. The van der Waals surface area contributed by atoms with Crippen molar-refractivity contribution in [2.24, 2.45) is 17.6 Å². The molecule has 0 aromatic carbocycles. The first-order valence-electron chi connectivity index (χ1n) is 5.98. The van der Waals surface area contributed by atoms with Crippen molar-refractivity contribution in [3.63, 3.8) is 0 Å². The Hall–Kier alpha value is -0.760. The predicted molar refractivity (Wildman–Crippen MR) is 61.5 cm³/mol. The van der Waals surface area contributed by atoms with Crippen LogP contribution in [0.1, 0.15) is 50.2 Å². The van der Waals surface area contributed by atoms with E-state index in [1.807, 2.05) is 19.1 Å². The fourth-order valence-corrected chi connectivity index (χ4v) is 2.51. The van der Waals surface area contributed by atoms with Crippen molar-refractivity contribution in [1.29, 1.82) is 0 Å². The van der Waals surface area contributed by atoms with Gasteiger partial charge in [0.15, 0.2) is 0 Å². The Balaban J connectivity index is 1.99. The monoisotopic (exact) mass is 207 g/mol. The second-order valence-corrected chi connectivity index (χ2v) is 4.99. The smallest absolute Gasteiger partial charge is 0.121 e. The molecule has 1 aromatic rings. The Bertz CT molecular complexity index is 310. The number of rotatable bonds is 2. The summed E-state index contributed by atoms with van der Waals surface area (Å²) < 4.78 is 5.60. The molecule has 15 heavy (non-hydrogen) atoms. The second-order valence-electron chi connectivity index (χ2n) is 4.99. The van der Waals surface area contributed by atoms with Crippen molar-refractivity contribution in [2.75, 3.05) is 0 Å². The molecule has 1 atom stereocenters. The van der Waals surface area contributed by atoms with E-state index in [0.717, 1.165) is 17.4 Å². The third kappa shape index (κ3) is 2.43. The standard InChI is InChI=1S/C13H21NO/c1-9-3-6-11(7-4-9)13(14)12-8-5-10(2)15-12/h5,8-9,11,13H,3-4,6-7,14H2,1-2H3/t9?,11?,13-/m0/s1. The zero-order chi connectivity index (χ0) is 10.8. The van der Waals surface area contributed by atoms with E-state index in [1.165, 1.54) is 25.7 Å². The molecule has 0 amide bonds. The van der Waals surface area contributed by atoms with E-state index in [9.17, 15) is 0 Å². The number of nitrogens with two attached hydrogens (primary N) is 1. The van der Waals surface area contributed by atoms with Gasteiger partial charge in [-0.2, -0.15) is 0 Å². The van der Waals surface area contributed by atoms with Crippen LogP contribution in [0.3, 0.4) is 0 Å². The van der Waals surface area contributed by atoms with E-state index in [0.29, 0.717) is 5.92 Å². The summed E-state index contributed by atoms with van der Waals surface area (Å²) in [5, 5.41) is 0. The number of aryl methyl sites for hydroxylation is 1. The van der Waals surface area contributed by atoms with Crippen LogP contribution >= 0.6 is 0 Å². The predicted octanol–water partition coefficient (Wildman–Crippen LogP) is 3.41. The molecule has 0 unspecified atom stereocenters. The lowest BCUT2D eigenvalue weighted by atomic mass is 9.79. The van der Waals surface area contributed by atoms with Crippen molar-refractivity contribution in [3.8, 4) is 0 Å². The molecular formula is C13H21NO. The molecule has 2 N–H and O–H groups in total. The molecule has 0 saturated heterocycles. The summed E-state index contributed by atoms with van der Waals surface area (Å²) in [6, 6.07) is 4.13. The minimum atomic E-state index is 0.103. The molecule has 1 fully saturated rings. The Labute approximate surface area is 91.8 Å². The first kappa shape index (κ1) is 10.7. The van der Waals surface area contributed by atoms with Crippen LogP contribution in [-0.2, 0) is 0 Å². The lowest BCUT2D eigenvalue weighted by Crippen LogP contribution is -2.25. The highest BCUT2D eigenvalue weighted by molar-refractivity contribution is 5.10. The molecule has 84 valence electrons. The first-order chi connectivity index (χ1) is 7.16. The zero-order valence-corrected chi connectivity index (χ0v) is 9.70. The number of furan rings is 1. The highest BCUT2D eigenvalue weighted by Crippen LogP contribution is 2.35. The van der Waals surface area contributed by atoms with E-state index in [2.05, 4.69) is 6.92 Å². The quantitative estimate of drug-likeness (QED) is 0.807. The van der Waals surface area contributed by atoms with Gasteiger partial charge in [-0.3, -0.25) is 0 Å². The van der Waals surface area contributed by atoms with Crippen LogP contribution in [-0.4, -0.2) is 0 Å². The summed E-state index contributed by atoms with van der Waals surface area (Å²) in [5.74, 6) is 3.43. The molecule has 1 saturated carbocycles. The van der Waals surface area contributed by atoms with Crippen LogP contribution in [0.4, 0.5) is 0 Å². The van der Waals surface area contributed by atoms with Crippen LogP contribution < -0.4 is 5.73 Å². The van der Waals surface area contributed by atoms with Gasteiger partial charge in [-0.25, -0.2) is 0 Å². The SMILES string of the molecule is Cc1ccc([C@@H](N)C2CCC(C)CC2)o1. The van der Waals surface area contributed by atoms with E-state index in [-0.39, 0.29) is 6.04 Å². The molecule has 1 aliphatic rings. The van der Waals surface area contributed by atoms with Crippen LogP contribution in [0.5, 0.6) is 0 Å². The summed E-state index contributed by atoms with van der Waals surface area (Å²) in [7, 11) is 0. The van der Waals surface area contributed by atoms with Gasteiger partial charge >= 0.3 is 0 Å². The zero-order valence-electron chi connectivity index (χ0n) is 9.70. The summed E-state index contributed by atoms with van der Waals surface area (Å²) >= 11 is 0. The van der Waals surface area contributed by atoms with Crippen LogP contribution in [0.25, 0.3) is 0 Å². The number of hydrogen-bond donors (Lipinski definition) is 1. The third-order valence-electron chi connectivity index (χ3n) is 3.66. The Kier molecular flexibility index (Phi) is 3.15. The molecule has 2 nitrogen and oxygen atoms in total. The van der Waals surface area contributed by atoms with Gasteiger partial charge < -0.3 is 10.2 Å². The molecule has 0 aliphatic heterocycles. The first-order valence-corrected chi connectivity index (χ1v) is 5.98. The fourth-order valence-electron chi connectivity index (χ4n) is 2.51. The van der Waals surface area contributed by atoms with Crippen LogP contribution in [0.15, 0.2) is 16.5 Å². The molecule has 2 rings (SSSR count). The van der Waals surface area contributed by atoms with Crippen molar-refractivity contribution >= 4 is 0 Å². The van der Waals surface area contributed by atoms with Gasteiger partial charge in [0.2, 0.25) is 0 Å².